The number of carbonyl (C=O) groups is 1. The Bertz CT molecular complexity index is 425. The van der Waals surface area contributed by atoms with Gasteiger partial charge in [-0.3, -0.25) is 4.79 Å². The second kappa shape index (κ2) is 5.29. The molecule has 3 nitrogen and oxygen atoms in total. The Morgan fingerprint density at radius 3 is 2.27 bits per heavy atom. The summed E-state index contributed by atoms with van der Waals surface area (Å²) in [5, 5.41) is 17.1. The van der Waals surface area contributed by atoms with Gasteiger partial charge in [0.15, 0.2) is 5.78 Å². The molecule has 0 aliphatic heterocycles. The molecule has 0 fully saturated rings. The lowest BCUT2D eigenvalue weighted by Gasteiger charge is -2.00. The van der Waals surface area contributed by atoms with Crippen LogP contribution in [0.5, 0.6) is 0 Å². The van der Waals surface area contributed by atoms with Gasteiger partial charge in [0, 0.05) is 16.5 Å². The van der Waals surface area contributed by atoms with E-state index in [1.807, 2.05) is 0 Å². The summed E-state index contributed by atoms with van der Waals surface area (Å²) in [6.45, 7) is 0. The maximum absolute atomic E-state index is 11.6. The first-order valence-corrected chi connectivity index (χ1v) is 5.04. The van der Waals surface area contributed by atoms with Crippen molar-refractivity contribution in [1.29, 1.82) is 10.5 Å². The highest BCUT2D eigenvalue weighted by Gasteiger charge is 2.13. The van der Waals surface area contributed by atoms with Crippen LogP contribution in [-0.2, 0) is 0 Å². The number of nitrogens with zero attached hydrogens (tertiary/aromatic N) is 2. The lowest BCUT2D eigenvalue weighted by atomic mass is 10.0. The number of ketones is 1. The standard InChI is InChI=1S/C11H7BrN2O/c12-10-3-1-9(2-4-10)11(15)5-8(6-13)7-14/h1-4,8H,5H2. The quantitative estimate of drug-likeness (QED) is 0.787. The van der Waals surface area contributed by atoms with Crippen LogP contribution in [0.4, 0.5) is 0 Å². The molecule has 15 heavy (non-hydrogen) atoms. The minimum Gasteiger partial charge on any atom is -0.294 e. The van der Waals surface area contributed by atoms with Gasteiger partial charge in [-0.05, 0) is 12.1 Å². The topological polar surface area (TPSA) is 64.7 Å². The Kier molecular flexibility index (Phi) is 4.03. The van der Waals surface area contributed by atoms with Crippen LogP contribution in [0.25, 0.3) is 0 Å². The second-order valence-electron chi connectivity index (χ2n) is 2.94. The number of Topliss-reactive ketones (excluding diaryl/α,β-unsaturated/α-hetero) is 1. The van der Waals surface area contributed by atoms with Gasteiger partial charge >= 0.3 is 0 Å². The third-order valence-electron chi connectivity index (χ3n) is 1.87. The molecule has 0 aliphatic carbocycles. The highest BCUT2D eigenvalue weighted by atomic mass is 79.9. The Hall–Kier alpha value is -1.65. The van der Waals surface area contributed by atoms with Gasteiger partial charge in [-0.25, -0.2) is 0 Å². The molecule has 1 aromatic carbocycles. The van der Waals surface area contributed by atoms with Gasteiger partial charge < -0.3 is 0 Å². The third kappa shape index (κ3) is 3.19. The molecule has 0 N–H and O–H groups in total. The molecule has 4 heteroatoms. The first-order valence-electron chi connectivity index (χ1n) is 4.25. The molecule has 0 heterocycles. The number of carbonyl (C=O) groups excluding carboxylic acids is 1. The van der Waals surface area contributed by atoms with Crippen LogP contribution in [0.15, 0.2) is 28.7 Å². The highest BCUT2D eigenvalue weighted by Crippen LogP contribution is 2.13. The summed E-state index contributed by atoms with van der Waals surface area (Å²) in [7, 11) is 0. The van der Waals surface area contributed by atoms with Gasteiger partial charge in [-0.2, -0.15) is 10.5 Å². The Morgan fingerprint density at radius 1 is 1.27 bits per heavy atom. The molecule has 0 aliphatic rings. The maximum atomic E-state index is 11.6. The Balaban J connectivity index is 2.75. The molecule has 0 saturated carbocycles. The van der Waals surface area contributed by atoms with Gasteiger partial charge in [0.05, 0.1) is 12.1 Å². The lowest BCUT2D eigenvalue weighted by Crippen LogP contribution is -2.05. The predicted molar refractivity (Wildman–Crippen MR) is 57.8 cm³/mol. The molecule has 0 bridgehead atoms. The van der Waals surface area contributed by atoms with E-state index < -0.39 is 5.92 Å². The maximum Gasteiger partial charge on any atom is 0.165 e. The smallest absolute Gasteiger partial charge is 0.165 e. The van der Waals surface area contributed by atoms with Crippen LogP contribution in [0.2, 0.25) is 0 Å². The van der Waals surface area contributed by atoms with Gasteiger partial charge in [0.1, 0.15) is 5.92 Å². The molecule has 1 rings (SSSR count). The first-order chi connectivity index (χ1) is 7.17. The van der Waals surface area contributed by atoms with E-state index in [0.29, 0.717) is 5.56 Å². The van der Waals surface area contributed by atoms with E-state index >= 15 is 0 Å². The van der Waals surface area contributed by atoms with Crippen LogP contribution < -0.4 is 0 Å². The summed E-state index contributed by atoms with van der Waals surface area (Å²) in [4.78, 5) is 11.6. The molecule has 1 aromatic rings. The second-order valence-corrected chi connectivity index (χ2v) is 3.86. The largest absolute Gasteiger partial charge is 0.294 e. The average Bonchev–Trinajstić information content (AvgIpc) is 2.26. The van der Waals surface area contributed by atoms with Gasteiger partial charge in [-0.15, -0.1) is 0 Å². The molecule has 0 atom stereocenters. The minimum atomic E-state index is -0.860. The van der Waals surface area contributed by atoms with Gasteiger partial charge in [-0.1, -0.05) is 28.1 Å². The van der Waals surface area contributed by atoms with Gasteiger partial charge in [0.25, 0.3) is 0 Å². The zero-order valence-corrected chi connectivity index (χ0v) is 9.36. The Labute approximate surface area is 96.1 Å². The van der Waals surface area contributed by atoms with E-state index in [4.69, 9.17) is 10.5 Å². The van der Waals surface area contributed by atoms with E-state index in [9.17, 15) is 4.79 Å². The van der Waals surface area contributed by atoms with Crippen molar-refractivity contribution in [2.75, 3.05) is 0 Å². The zero-order valence-electron chi connectivity index (χ0n) is 7.77. The predicted octanol–water partition coefficient (Wildman–Crippen LogP) is 2.69. The Morgan fingerprint density at radius 2 is 1.80 bits per heavy atom. The van der Waals surface area contributed by atoms with E-state index in [-0.39, 0.29) is 12.2 Å². The van der Waals surface area contributed by atoms with E-state index in [1.54, 1.807) is 36.4 Å². The number of halogens is 1. The van der Waals surface area contributed by atoms with Crippen LogP contribution in [0.3, 0.4) is 0 Å². The van der Waals surface area contributed by atoms with Crippen molar-refractivity contribution in [1.82, 2.24) is 0 Å². The van der Waals surface area contributed by atoms with Crippen molar-refractivity contribution < 1.29 is 4.79 Å². The van der Waals surface area contributed by atoms with Gasteiger partial charge in [0.2, 0.25) is 0 Å². The number of hydrogen-bond acceptors (Lipinski definition) is 3. The fourth-order valence-electron chi connectivity index (χ4n) is 1.06. The zero-order chi connectivity index (χ0) is 11.3. The molecule has 0 radical (unpaired) electrons. The molecule has 0 saturated heterocycles. The van der Waals surface area contributed by atoms with E-state index in [1.165, 1.54) is 0 Å². The number of nitriles is 2. The number of rotatable bonds is 3. The SMILES string of the molecule is N#CC(C#N)CC(=O)c1ccc(Br)cc1. The van der Waals surface area contributed by atoms with Crippen molar-refractivity contribution in [3.05, 3.63) is 34.3 Å². The van der Waals surface area contributed by atoms with Crippen LogP contribution >= 0.6 is 15.9 Å². The van der Waals surface area contributed by atoms with Crippen LogP contribution in [-0.4, -0.2) is 5.78 Å². The third-order valence-corrected chi connectivity index (χ3v) is 2.40. The fraction of sp³-hybridized carbons (Fsp3) is 0.182. The van der Waals surface area contributed by atoms with Crippen LogP contribution in [0, 0.1) is 28.6 Å². The summed E-state index contributed by atoms with van der Waals surface area (Å²) in [6.07, 6.45) is -0.0470. The first kappa shape index (κ1) is 11.4. The van der Waals surface area contributed by atoms with Crippen molar-refractivity contribution in [3.8, 4) is 12.1 Å². The molecule has 0 amide bonds. The number of benzene rings is 1. The van der Waals surface area contributed by atoms with Crippen molar-refractivity contribution in [2.24, 2.45) is 5.92 Å². The average molecular weight is 263 g/mol. The van der Waals surface area contributed by atoms with E-state index in [0.717, 1.165) is 4.47 Å². The molecule has 0 aromatic heterocycles. The molecular formula is C11H7BrN2O. The minimum absolute atomic E-state index is 0.0470. The fourth-order valence-corrected chi connectivity index (χ4v) is 1.32. The van der Waals surface area contributed by atoms with Crippen molar-refractivity contribution >= 4 is 21.7 Å². The monoisotopic (exact) mass is 262 g/mol. The summed E-state index contributed by atoms with van der Waals surface area (Å²) < 4.78 is 0.885. The highest BCUT2D eigenvalue weighted by molar-refractivity contribution is 9.10. The van der Waals surface area contributed by atoms with Crippen molar-refractivity contribution in [3.63, 3.8) is 0 Å². The molecule has 0 spiro atoms. The summed E-state index contributed by atoms with van der Waals surface area (Å²) >= 11 is 3.26. The van der Waals surface area contributed by atoms with E-state index in [2.05, 4.69) is 15.9 Å². The lowest BCUT2D eigenvalue weighted by molar-refractivity contribution is 0.0976. The summed E-state index contributed by atoms with van der Waals surface area (Å²) in [6, 6.07) is 10.4. The normalized spacial score (nSPS) is 9.33. The molecule has 0 unspecified atom stereocenters. The van der Waals surface area contributed by atoms with Crippen molar-refractivity contribution in [2.45, 2.75) is 6.42 Å². The summed E-state index contributed by atoms with van der Waals surface area (Å²) in [5.74, 6) is -1.04. The molecular weight excluding hydrogens is 256 g/mol. The van der Waals surface area contributed by atoms with Crippen LogP contribution in [0.1, 0.15) is 16.8 Å². The molecule has 74 valence electrons. The number of hydrogen-bond donors (Lipinski definition) is 0. The summed E-state index contributed by atoms with van der Waals surface area (Å²) in [5.41, 5.74) is 0.522.